The number of nitrogens with zero attached hydrogens (tertiary/aromatic N) is 2. The first-order valence-electron chi connectivity index (χ1n) is 10.3. The molecule has 0 unspecified atom stereocenters. The number of benzene rings is 1. The molecular formula is C21H29ClN4O4. The zero-order valence-electron chi connectivity index (χ0n) is 17.7. The van der Waals surface area contributed by atoms with Gasteiger partial charge in [0, 0.05) is 18.7 Å². The van der Waals surface area contributed by atoms with E-state index in [1.807, 2.05) is 26.0 Å². The fourth-order valence-electron chi connectivity index (χ4n) is 3.65. The van der Waals surface area contributed by atoms with Crippen LogP contribution in [0.4, 0.5) is 5.82 Å². The molecule has 0 atom stereocenters. The highest BCUT2D eigenvalue weighted by molar-refractivity contribution is 6.33. The number of aromatic nitrogens is 2. The number of piperidine rings is 1. The van der Waals surface area contributed by atoms with Crippen molar-refractivity contribution in [2.75, 3.05) is 38.3 Å². The van der Waals surface area contributed by atoms with Crippen LogP contribution in [-0.2, 0) is 6.54 Å². The molecule has 9 heteroatoms. The minimum Gasteiger partial charge on any atom is -0.492 e. The van der Waals surface area contributed by atoms with E-state index < -0.39 is 5.69 Å². The van der Waals surface area contributed by atoms with E-state index in [0.29, 0.717) is 42.1 Å². The number of H-pyrrole nitrogens is 1. The molecular weight excluding hydrogens is 408 g/mol. The zero-order chi connectivity index (χ0) is 21.5. The zero-order valence-corrected chi connectivity index (χ0v) is 18.4. The lowest BCUT2D eigenvalue weighted by Gasteiger charge is -2.36. The molecule has 0 saturated carbocycles. The van der Waals surface area contributed by atoms with Gasteiger partial charge in [-0.2, -0.15) is 4.98 Å². The molecule has 1 aromatic carbocycles. The van der Waals surface area contributed by atoms with Gasteiger partial charge < -0.3 is 24.4 Å². The summed E-state index contributed by atoms with van der Waals surface area (Å²) >= 11 is 6.46. The summed E-state index contributed by atoms with van der Waals surface area (Å²) in [4.78, 5) is 21.0. The van der Waals surface area contributed by atoms with Crippen molar-refractivity contribution >= 4 is 17.4 Å². The summed E-state index contributed by atoms with van der Waals surface area (Å²) in [5.74, 6) is 2.13. The van der Waals surface area contributed by atoms with Gasteiger partial charge in [-0.3, -0.25) is 4.98 Å². The summed E-state index contributed by atoms with van der Waals surface area (Å²) in [5.41, 5.74) is 0.533. The fourth-order valence-corrected chi connectivity index (χ4v) is 3.87. The monoisotopic (exact) mass is 436 g/mol. The number of ether oxygens (including phenoxy) is 3. The van der Waals surface area contributed by atoms with Gasteiger partial charge in [-0.15, -0.1) is 0 Å². The number of halogens is 1. The van der Waals surface area contributed by atoms with Gasteiger partial charge in [0.1, 0.15) is 22.3 Å². The first-order valence-corrected chi connectivity index (χ1v) is 10.6. The molecule has 30 heavy (non-hydrogen) atoms. The average Bonchev–Trinajstić information content (AvgIpc) is 2.75. The molecule has 0 spiro atoms. The summed E-state index contributed by atoms with van der Waals surface area (Å²) in [7, 11) is 1.50. The predicted molar refractivity (Wildman–Crippen MR) is 117 cm³/mol. The lowest BCUT2D eigenvalue weighted by molar-refractivity contribution is 0.322. The minimum absolute atomic E-state index is 0.246. The number of methoxy groups -OCH3 is 1. The third-order valence-electron chi connectivity index (χ3n) is 4.99. The smallest absolute Gasteiger partial charge is 0.349 e. The maximum absolute atomic E-state index is 12.1. The van der Waals surface area contributed by atoms with Crippen molar-refractivity contribution in [1.29, 1.82) is 0 Å². The van der Waals surface area contributed by atoms with Gasteiger partial charge in [-0.25, -0.2) is 4.79 Å². The van der Waals surface area contributed by atoms with Crippen molar-refractivity contribution < 1.29 is 14.2 Å². The molecule has 2 N–H and O–H groups in total. The Morgan fingerprint density at radius 2 is 1.77 bits per heavy atom. The molecule has 0 amide bonds. The fraction of sp³-hybridized carbons (Fsp3) is 0.524. The predicted octanol–water partition coefficient (Wildman–Crippen LogP) is 2.99. The number of rotatable bonds is 9. The van der Waals surface area contributed by atoms with E-state index in [0.717, 1.165) is 31.5 Å². The van der Waals surface area contributed by atoms with Gasteiger partial charge in [0.05, 0.1) is 20.3 Å². The summed E-state index contributed by atoms with van der Waals surface area (Å²) in [5, 5.41) is 3.85. The Hall–Kier alpha value is -2.45. The second kappa shape index (κ2) is 10.5. The number of aromatic amines is 1. The Morgan fingerprint density at radius 1 is 1.13 bits per heavy atom. The van der Waals surface area contributed by atoms with Gasteiger partial charge >= 0.3 is 5.69 Å². The lowest BCUT2D eigenvalue weighted by Crippen LogP contribution is -2.43. The largest absolute Gasteiger partial charge is 0.492 e. The second-order valence-electron chi connectivity index (χ2n) is 7.00. The third-order valence-corrected chi connectivity index (χ3v) is 5.37. The molecule has 1 aromatic heterocycles. The Kier molecular flexibility index (Phi) is 7.81. The summed E-state index contributed by atoms with van der Waals surface area (Å²) in [6.45, 7) is 7.22. The topological polar surface area (TPSA) is 88.7 Å². The van der Waals surface area contributed by atoms with E-state index in [2.05, 4.69) is 20.2 Å². The van der Waals surface area contributed by atoms with Crippen LogP contribution in [0.15, 0.2) is 23.0 Å². The van der Waals surface area contributed by atoms with Crippen molar-refractivity contribution in [1.82, 2.24) is 15.3 Å². The van der Waals surface area contributed by atoms with E-state index in [1.54, 1.807) is 6.07 Å². The van der Waals surface area contributed by atoms with Crippen LogP contribution in [0.2, 0.25) is 5.02 Å². The van der Waals surface area contributed by atoms with E-state index in [1.165, 1.54) is 7.11 Å². The van der Waals surface area contributed by atoms with Gasteiger partial charge in [0.2, 0.25) is 5.88 Å². The van der Waals surface area contributed by atoms with Crippen molar-refractivity contribution in [2.45, 2.75) is 39.3 Å². The molecule has 0 radical (unpaired) electrons. The highest BCUT2D eigenvalue weighted by Crippen LogP contribution is 2.37. The summed E-state index contributed by atoms with van der Waals surface area (Å²) in [6.07, 6.45) is 1.91. The van der Waals surface area contributed by atoms with Crippen LogP contribution >= 0.6 is 11.6 Å². The molecule has 2 heterocycles. The van der Waals surface area contributed by atoms with Crippen LogP contribution in [0.5, 0.6) is 17.4 Å². The van der Waals surface area contributed by atoms with Crippen LogP contribution < -0.4 is 30.1 Å². The Morgan fingerprint density at radius 3 is 2.33 bits per heavy atom. The van der Waals surface area contributed by atoms with Crippen LogP contribution in [0.25, 0.3) is 0 Å². The molecule has 1 saturated heterocycles. The first kappa shape index (κ1) is 22.2. The Balaban J connectivity index is 2.00. The number of anilines is 1. The normalized spacial score (nSPS) is 14.4. The lowest BCUT2D eigenvalue weighted by atomic mass is 10.0. The number of hydrogen-bond acceptors (Lipinski definition) is 7. The van der Waals surface area contributed by atoms with Crippen LogP contribution in [0, 0.1) is 0 Å². The Bertz CT molecular complexity index is 872. The highest BCUT2D eigenvalue weighted by atomic mass is 35.5. The van der Waals surface area contributed by atoms with Gasteiger partial charge in [-0.05, 0) is 57.5 Å². The van der Waals surface area contributed by atoms with Crippen molar-refractivity contribution in [3.05, 3.63) is 39.3 Å². The molecule has 164 valence electrons. The van der Waals surface area contributed by atoms with E-state index in [9.17, 15) is 4.79 Å². The molecule has 1 aliphatic rings. The molecule has 0 bridgehead atoms. The van der Waals surface area contributed by atoms with E-state index in [-0.39, 0.29) is 11.9 Å². The van der Waals surface area contributed by atoms with E-state index >= 15 is 0 Å². The maximum Gasteiger partial charge on any atom is 0.349 e. The summed E-state index contributed by atoms with van der Waals surface area (Å²) in [6, 6.07) is 5.86. The molecule has 1 fully saturated rings. The molecule has 0 aliphatic carbocycles. The van der Waals surface area contributed by atoms with Crippen LogP contribution in [0.1, 0.15) is 32.3 Å². The van der Waals surface area contributed by atoms with Crippen LogP contribution in [-0.4, -0.2) is 49.4 Å². The SMILES string of the molecule is CCOc1cc(CN(c2cc(OC)nc(=O)[nH]2)C2CCNCC2)cc(OCC)c1Cl. The summed E-state index contributed by atoms with van der Waals surface area (Å²) < 4.78 is 16.7. The van der Waals surface area contributed by atoms with Gasteiger partial charge in [-0.1, -0.05) is 11.6 Å². The van der Waals surface area contributed by atoms with E-state index in [4.69, 9.17) is 25.8 Å². The number of nitrogens with one attached hydrogen (secondary N) is 2. The first-order chi connectivity index (χ1) is 14.5. The second-order valence-corrected chi connectivity index (χ2v) is 7.37. The Labute approximate surface area is 181 Å². The number of hydrogen-bond donors (Lipinski definition) is 2. The van der Waals surface area contributed by atoms with Crippen LogP contribution in [0.3, 0.4) is 0 Å². The quantitative estimate of drug-likeness (QED) is 0.624. The standard InChI is InChI=1S/C21H29ClN4O4/c1-4-29-16-10-14(11-17(20(16)22)30-5-2)13-26(15-6-8-23-9-7-15)18-12-19(28-3)25-21(27)24-18/h10-12,15,23H,4-9,13H2,1-3H3,(H,24,25,27). The maximum atomic E-state index is 12.1. The third kappa shape index (κ3) is 5.37. The van der Waals surface area contributed by atoms with Crippen molar-refractivity contribution in [3.63, 3.8) is 0 Å². The van der Waals surface area contributed by atoms with Crippen molar-refractivity contribution in [3.8, 4) is 17.4 Å². The highest BCUT2D eigenvalue weighted by Gasteiger charge is 2.24. The molecule has 3 rings (SSSR count). The molecule has 1 aliphatic heterocycles. The minimum atomic E-state index is -0.440. The molecule has 8 nitrogen and oxygen atoms in total. The average molecular weight is 437 g/mol. The molecule has 2 aromatic rings. The van der Waals surface area contributed by atoms with Gasteiger partial charge in [0.15, 0.2) is 0 Å². The van der Waals surface area contributed by atoms with Crippen molar-refractivity contribution in [2.24, 2.45) is 0 Å². The van der Waals surface area contributed by atoms with Gasteiger partial charge in [0.25, 0.3) is 0 Å².